The van der Waals surface area contributed by atoms with Crippen LogP contribution in [0.5, 0.6) is 11.5 Å². The Morgan fingerprint density at radius 2 is 1.82 bits per heavy atom. The molecule has 0 unspecified atom stereocenters. The van der Waals surface area contributed by atoms with Crippen molar-refractivity contribution in [1.29, 1.82) is 0 Å². The quantitative estimate of drug-likeness (QED) is 0.606. The van der Waals surface area contributed by atoms with Crippen molar-refractivity contribution < 1.29 is 29.4 Å². The first-order valence-electron chi connectivity index (χ1n) is 9.39. The van der Waals surface area contributed by atoms with Gasteiger partial charge in [-0.1, -0.05) is 38.3 Å². The monoisotopic (exact) mass is 388 g/mol. The number of phenols is 2. The lowest BCUT2D eigenvalue weighted by atomic mass is 9.88. The number of hydrogen-bond acceptors (Lipinski definition) is 6. The number of nitrogens with one attached hydrogen (secondary N) is 1. The summed E-state index contributed by atoms with van der Waals surface area (Å²) in [6, 6.07) is 2.68. The molecule has 1 saturated carbocycles. The summed E-state index contributed by atoms with van der Waals surface area (Å²) >= 11 is 0. The number of carboxylic acid groups (broad SMARTS) is 1. The molecule has 1 aliphatic carbocycles. The van der Waals surface area contributed by atoms with Gasteiger partial charge in [-0.3, -0.25) is 4.79 Å². The van der Waals surface area contributed by atoms with E-state index in [-0.39, 0.29) is 46.3 Å². The zero-order valence-electron chi connectivity index (χ0n) is 15.9. The second-order valence-electron chi connectivity index (χ2n) is 7.45. The number of aromatic hydroxyl groups is 2. The third kappa shape index (κ3) is 3.81. The van der Waals surface area contributed by atoms with Crippen molar-refractivity contribution >= 4 is 17.6 Å². The van der Waals surface area contributed by atoms with E-state index in [0.717, 1.165) is 32.1 Å². The molecule has 0 spiro atoms. The summed E-state index contributed by atoms with van der Waals surface area (Å²) < 4.78 is 5.20. The highest BCUT2D eigenvalue weighted by Gasteiger charge is 2.29. The molecule has 8 heteroatoms. The van der Waals surface area contributed by atoms with Gasteiger partial charge in [0.1, 0.15) is 17.2 Å². The molecule has 1 heterocycles. The Labute approximate surface area is 162 Å². The van der Waals surface area contributed by atoms with E-state index in [1.165, 1.54) is 12.1 Å². The smallest absolute Gasteiger partial charge is 0.360 e. The number of rotatable bonds is 5. The molecule has 0 atom stereocenters. The molecule has 150 valence electrons. The third-order valence-corrected chi connectivity index (χ3v) is 5.13. The SMILES string of the molecule is CC(C)c1cc(-c2onc(C(=O)O)c2NC(=O)C2CCCCC2)c(O)cc1O. The Morgan fingerprint density at radius 1 is 1.14 bits per heavy atom. The molecule has 0 bridgehead atoms. The summed E-state index contributed by atoms with van der Waals surface area (Å²) in [6.45, 7) is 3.73. The van der Waals surface area contributed by atoms with Gasteiger partial charge in [-0.25, -0.2) is 4.79 Å². The molecular weight excluding hydrogens is 364 g/mol. The molecule has 8 nitrogen and oxygen atoms in total. The summed E-state index contributed by atoms with van der Waals surface area (Å²) in [6.07, 6.45) is 4.49. The summed E-state index contributed by atoms with van der Waals surface area (Å²) in [7, 11) is 0. The van der Waals surface area contributed by atoms with Crippen LogP contribution in [0, 0.1) is 5.92 Å². The number of anilines is 1. The van der Waals surface area contributed by atoms with Crippen molar-refractivity contribution in [2.75, 3.05) is 5.32 Å². The second kappa shape index (κ2) is 7.92. The first-order chi connectivity index (χ1) is 13.3. The number of phenolic OH excluding ortho intramolecular Hbond substituents is 2. The normalized spacial score (nSPS) is 15.0. The van der Waals surface area contributed by atoms with Crippen molar-refractivity contribution in [1.82, 2.24) is 5.16 Å². The molecule has 0 saturated heterocycles. The minimum Gasteiger partial charge on any atom is -0.508 e. The van der Waals surface area contributed by atoms with Gasteiger partial charge in [0.25, 0.3) is 0 Å². The van der Waals surface area contributed by atoms with Crippen LogP contribution in [0.1, 0.15) is 67.9 Å². The topological polar surface area (TPSA) is 133 Å². The van der Waals surface area contributed by atoms with E-state index >= 15 is 0 Å². The van der Waals surface area contributed by atoms with Crippen molar-refractivity contribution in [2.45, 2.75) is 51.9 Å². The zero-order valence-corrected chi connectivity index (χ0v) is 15.9. The van der Waals surface area contributed by atoms with Crippen molar-refractivity contribution in [2.24, 2.45) is 5.92 Å². The van der Waals surface area contributed by atoms with Gasteiger partial charge in [0.05, 0.1) is 5.56 Å². The number of carbonyl (C=O) groups is 2. The molecule has 0 aliphatic heterocycles. The average Bonchev–Trinajstić information content (AvgIpc) is 3.05. The maximum absolute atomic E-state index is 12.7. The molecule has 1 aliphatic rings. The van der Waals surface area contributed by atoms with Crippen molar-refractivity contribution in [3.8, 4) is 22.8 Å². The first-order valence-corrected chi connectivity index (χ1v) is 9.39. The molecule has 4 N–H and O–H groups in total. The molecule has 1 aromatic heterocycles. The van der Waals surface area contributed by atoms with E-state index in [9.17, 15) is 24.9 Å². The summed E-state index contributed by atoms with van der Waals surface area (Å²) in [4.78, 5) is 24.2. The average molecular weight is 388 g/mol. The second-order valence-corrected chi connectivity index (χ2v) is 7.45. The third-order valence-electron chi connectivity index (χ3n) is 5.13. The fraction of sp³-hybridized carbons (Fsp3) is 0.450. The lowest BCUT2D eigenvalue weighted by Crippen LogP contribution is -2.25. The van der Waals surface area contributed by atoms with E-state index in [1.807, 2.05) is 13.8 Å². The van der Waals surface area contributed by atoms with Gasteiger partial charge in [0.2, 0.25) is 11.6 Å². The van der Waals surface area contributed by atoms with Crippen LogP contribution in [0.15, 0.2) is 16.7 Å². The minimum absolute atomic E-state index is 0.0542. The Kier molecular flexibility index (Phi) is 5.58. The highest BCUT2D eigenvalue weighted by Crippen LogP contribution is 2.42. The number of nitrogens with zero attached hydrogens (tertiary/aromatic N) is 1. The number of carbonyl (C=O) groups excluding carboxylic acids is 1. The Morgan fingerprint density at radius 3 is 2.43 bits per heavy atom. The van der Waals surface area contributed by atoms with Gasteiger partial charge in [-0.15, -0.1) is 0 Å². The summed E-state index contributed by atoms with van der Waals surface area (Å²) in [5.41, 5.74) is 0.183. The van der Waals surface area contributed by atoms with Gasteiger partial charge >= 0.3 is 5.97 Å². The van der Waals surface area contributed by atoms with Crippen LogP contribution in [0.25, 0.3) is 11.3 Å². The van der Waals surface area contributed by atoms with Gasteiger partial charge < -0.3 is 25.2 Å². The fourth-order valence-electron chi connectivity index (χ4n) is 3.56. The van der Waals surface area contributed by atoms with Gasteiger partial charge in [-0.05, 0) is 30.4 Å². The standard InChI is InChI=1S/C20H24N2O6/c1-10(2)12-8-13(15(24)9-14(12)23)18-16(17(20(26)27)22-28-18)21-19(25)11-6-4-3-5-7-11/h8-11,23-24H,3-7H2,1-2H3,(H,21,25)(H,26,27). The fourth-order valence-corrected chi connectivity index (χ4v) is 3.56. The molecule has 1 fully saturated rings. The van der Waals surface area contributed by atoms with Crippen LogP contribution in [0.2, 0.25) is 0 Å². The molecule has 3 rings (SSSR count). The Hall–Kier alpha value is -3.03. The van der Waals surface area contributed by atoms with E-state index < -0.39 is 11.7 Å². The van der Waals surface area contributed by atoms with E-state index in [1.54, 1.807) is 0 Å². The molecule has 1 amide bonds. The van der Waals surface area contributed by atoms with E-state index in [4.69, 9.17) is 4.52 Å². The van der Waals surface area contributed by atoms with Crippen LogP contribution in [0.4, 0.5) is 5.69 Å². The Balaban J connectivity index is 2.04. The largest absolute Gasteiger partial charge is 0.508 e. The Bertz CT molecular complexity index is 896. The maximum Gasteiger partial charge on any atom is 0.360 e. The highest BCUT2D eigenvalue weighted by atomic mass is 16.5. The van der Waals surface area contributed by atoms with E-state index in [0.29, 0.717) is 5.56 Å². The molecular formula is C20H24N2O6. The number of aromatic nitrogens is 1. The predicted octanol–water partition coefficient (Wildman–Crippen LogP) is 4.09. The van der Waals surface area contributed by atoms with Gasteiger partial charge in [0, 0.05) is 12.0 Å². The number of hydrogen-bond donors (Lipinski definition) is 4. The predicted molar refractivity (Wildman–Crippen MR) is 102 cm³/mol. The number of benzene rings is 1. The number of aromatic carboxylic acids is 1. The van der Waals surface area contributed by atoms with Gasteiger partial charge in [0.15, 0.2) is 5.76 Å². The molecule has 2 aromatic rings. The van der Waals surface area contributed by atoms with Crippen LogP contribution < -0.4 is 5.32 Å². The van der Waals surface area contributed by atoms with Gasteiger partial charge in [-0.2, -0.15) is 0 Å². The summed E-state index contributed by atoms with van der Waals surface area (Å²) in [5.74, 6) is -2.32. The molecule has 0 radical (unpaired) electrons. The van der Waals surface area contributed by atoms with Crippen molar-refractivity contribution in [3.63, 3.8) is 0 Å². The first kappa shape index (κ1) is 19.7. The lowest BCUT2D eigenvalue weighted by molar-refractivity contribution is -0.120. The van der Waals surface area contributed by atoms with E-state index in [2.05, 4.69) is 10.5 Å². The van der Waals surface area contributed by atoms with Crippen molar-refractivity contribution in [3.05, 3.63) is 23.4 Å². The lowest BCUT2D eigenvalue weighted by Gasteiger charge is -2.20. The summed E-state index contributed by atoms with van der Waals surface area (Å²) in [5, 5.41) is 36.0. The van der Waals surface area contributed by atoms with Crippen LogP contribution in [-0.2, 0) is 4.79 Å². The minimum atomic E-state index is -1.35. The van der Waals surface area contributed by atoms with Crippen LogP contribution in [0.3, 0.4) is 0 Å². The highest BCUT2D eigenvalue weighted by molar-refractivity contribution is 6.04. The van der Waals surface area contributed by atoms with Crippen LogP contribution in [-0.4, -0.2) is 32.4 Å². The zero-order chi connectivity index (χ0) is 20.4. The molecule has 28 heavy (non-hydrogen) atoms. The van der Waals surface area contributed by atoms with Crippen LogP contribution >= 0.6 is 0 Å². The number of carboxylic acids is 1. The number of amides is 1. The maximum atomic E-state index is 12.7. The molecule has 1 aromatic carbocycles.